The molecule has 0 bridgehead atoms. The molecule has 0 radical (unpaired) electrons. The Morgan fingerprint density at radius 1 is 0.968 bits per heavy atom. The molecule has 1 aliphatic heterocycles. The predicted molar refractivity (Wildman–Crippen MR) is 114 cm³/mol. The van der Waals surface area contributed by atoms with Gasteiger partial charge in [0.15, 0.2) is 18.1 Å². The van der Waals surface area contributed by atoms with E-state index in [2.05, 4.69) is 10.6 Å². The van der Waals surface area contributed by atoms with Crippen LogP contribution in [0.15, 0.2) is 54.6 Å². The lowest BCUT2D eigenvalue weighted by Gasteiger charge is -2.14. The molecule has 0 atom stereocenters. The summed E-state index contributed by atoms with van der Waals surface area (Å²) < 4.78 is 16.5. The summed E-state index contributed by atoms with van der Waals surface area (Å²) in [5.74, 6) is 1.30. The van der Waals surface area contributed by atoms with Crippen molar-refractivity contribution in [2.24, 2.45) is 0 Å². The van der Waals surface area contributed by atoms with E-state index in [-0.39, 0.29) is 31.3 Å². The first kappa shape index (κ1) is 19.2. The molecule has 0 unspecified atom stereocenters. The highest BCUT2D eigenvalue weighted by atomic mass is 16.7. The Hall–Kier alpha value is -3.74. The Kier molecular flexibility index (Phi) is 5.08. The molecule has 1 fully saturated rings. The maximum absolute atomic E-state index is 13.0. The van der Waals surface area contributed by atoms with Gasteiger partial charge < -0.3 is 24.8 Å². The van der Waals surface area contributed by atoms with E-state index in [4.69, 9.17) is 14.2 Å². The quantitative estimate of drug-likeness (QED) is 0.616. The van der Waals surface area contributed by atoms with Gasteiger partial charge in [0.1, 0.15) is 5.75 Å². The molecule has 1 heterocycles. The number of amides is 2. The lowest BCUT2D eigenvalue weighted by molar-refractivity contribution is -0.123. The second kappa shape index (κ2) is 8.18. The van der Waals surface area contributed by atoms with Gasteiger partial charge in [0.05, 0.1) is 5.56 Å². The topological polar surface area (TPSA) is 85.9 Å². The van der Waals surface area contributed by atoms with Crippen molar-refractivity contribution in [3.63, 3.8) is 0 Å². The van der Waals surface area contributed by atoms with Crippen LogP contribution in [0.4, 0.5) is 0 Å². The Balaban J connectivity index is 1.33. The highest BCUT2D eigenvalue weighted by Crippen LogP contribution is 2.32. The van der Waals surface area contributed by atoms with E-state index in [1.807, 2.05) is 42.5 Å². The highest BCUT2D eigenvalue weighted by molar-refractivity contribution is 6.01. The van der Waals surface area contributed by atoms with Crippen molar-refractivity contribution in [1.29, 1.82) is 0 Å². The molecule has 3 aromatic rings. The van der Waals surface area contributed by atoms with E-state index < -0.39 is 0 Å². The molecule has 3 aromatic carbocycles. The number of carbonyl (C=O) groups excluding carboxylic acids is 2. The van der Waals surface area contributed by atoms with Gasteiger partial charge in [-0.15, -0.1) is 0 Å². The van der Waals surface area contributed by atoms with Crippen LogP contribution in [-0.4, -0.2) is 31.3 Å². The first-order valence-electron chi connectivity index (χ1n) is 10.3. The third kappa shape index (κ3) is 4.40. The first-order valence-corrected chi connectivity index (χ1v) is 10.3. The summed E-state index contributed by atoms with van der Waals surface area (Å²) in [6.07, 6.45) is 2.02. The second-order valence-electron chi connectivity index (χ2n) is 7.70. The smallest absolute Gasteiger partial charge is 0.258 e. The van der Waals surface area contributed by atoms with Crippen molar-refractivity contribution >= 4 is 22.6 Å². The minimum atomic E-state index is -0.277. The van der Waals surface area contributed by atoms with Crippen LogP contribution in [0.5, 0.6) is 17.2 Å². The first-order chi connectivity index (χ1) is 15.2. The van der Waals surface area contributed by atoms with Crippen LogP contribution in [-0.2, 0) is 11.3 Å². The van der Waals surface area contributed by atoms with Crippen LogP contribution >= 0.6 is 0 Å². The molecule has 5 rings (SSSR count). The summed E-state index contributed by atoms with van der Waals surface area (Å²) in [6, 6.07) is 17.1. The number of carbonyl (C=O) groups is 2. The summed E-state index contributed by atoms with van der Waals surface area (Å²) in [6.45, 7) is 0.401. The van der Waals surface area contributed by atoms with E-state index in [9.17, 15) is 9.59 Å². The summed E-state index contributed by atoms with van der Waals surface area (Å²) in [4.78, 5) is 25.1. The van der Waals surface area contributed by atoms with Crippen LogP contribution in [0.25, 0.3) is 10.8 Å². The highest BCUT2D eigenvalue weighted by Gasteiger charge is 2.24. The zero-order valence-corrected chi connectivity index (χ0v) is 16.9. The number of hydrogen-bond donors (Lipinski definition) is 2. The number of ether oxygens (including phenoxy) is 3. The van der Waals surface area contributed by atoms with E-state index >= 15 is 0 Å². The van der Waals surface area contributed by atoms with Crippen molar-refractivity contribution in [2.45, 2.75) is 25.4 Å². The molecule has 0 saturated heterocycles. The molecular formula is C24H22N2O5. The summed E-state index contributed by atoms with van der Waals surface area (Å²) >= 11 is 0. The number of rotatable bonds is 7. The Labute approximate surface area is 179 Å². The lowest BCUT2D eigenvalue weighted by atomic mass is 10.1. The van der Waals surface area contributed by atoms with Gasteiger partial charge >= 0.3 is 0 Å². The monoisotopic (exact) mass is 418 g/mol. The minimum Gasteiger partial charge on any atom is -0.483 e. The normalized spacial score (nSPS) is 14.3. The van der Waals surface area contributed by atoms with Gasteiger partial charge in [0, 0.05) is 12.6 Å². The number of fused-ring (bicyclic) bond motifs is 2. The molecule has 7 nitrogen and oxygen atoms in total. The summed E-state index contributed by atoms with van der Waals surface area (Å²) in [7, 11) is 0. The zero-order valence-electron chi connectivity index (χ0n) is 16.9. The maximum atomic E-state index is 13.0. The molecule has 0 spiro atoms. The average Bonchev–Trinajstić information content (AvgIpc) is 3.48. The predicted octanol–water partition coefficient (Wildman–Crippen LogP) is 3.16. The van der Waals surface area contributed by atoms with Crippen molar-refractivity contribution < 1.29 is 23.8 Å². The van der Waals surface area contributed by atoms with E-state index in [0.29, 0.717) is 29.4 Å². The maximum Gasteiger partial charge on any atom is 0.258 e. The molecule has 1 aliphatic carbocycles. The molecule has 1 saturated carbocycles. The van der Waals surface area contributed by atoms with Gasteiger partial charge in [-0.25, -0.2) is 0 Å². The third-order valence-corrected chi connectivity index (χ3v) is 5.28. The van der Waals surface area contributed by atoms with Crippen molar-refractivity contribution in [3.05, 3.63) is 65.7 Å². The lowest BCUT2D eigenvalue weighted by Crippen LogP contribution is -2.31. The second-order valence-corrected chi connectivity index (χ2v) is 7.70. The van der Waals surface area contributed by atoms with Crippen LogP contribution in [0.3, 0.4) is 0 Å². The Morgan fingerprint density at radius 3 is 2.55 bits per heavy atom. The molecule has 2 amide bonds. The Morgan fingerprint density at radius 2 is 1.74 bits per heavy atom. The third-order valence-electron chi connectivity index (χ3n) is 5.28. The number of benzene rings is 3. The van der Waals surface area contributed by atoms with Gasteiger partial charge in [0.2, 0.25) is 6.79 Å². The van der Waals surface area contributed by atoms with E-state index in [1.54, 1.807) is 12.1 Å². The Bertz CT molecular complexity index is 1160. The average molecular weight is 418 g/mol. The molecule has 7 heteroatoms. The van der Waals surface area contributed by atoms with Crippen LogP contribution < -0.4 is 24.8 Å². The number of nitrogens with one attached hydrogen (secondary N) is 2. The number of hydrogen-bond acceptors (Lipinski definition) is 5. The molecule has 158 valence electrons. The van der Waals surface area contributed by atoms with Crippen molar-refractivity contribution in [3.8, 4) is 17.2 Å². The fraction of sp³-hybridized carbons (Fsp3) is 0.250. The molecule has 0 aromatic heterocycles. The van der Waals surface area contributed by atoms with Gasteiger partial charge in [-0.05, 0) is 53.4 Å². The minimum absolute atomic E-state index is 0.128. The molecule has 2 aliphatic rings. The van der Waals surface area contributed by atoms with Crippen LogP contribution in [0.1, 0.15) is 28.8 Å². The standard InChI is InChI=1S/C24H22N2O5/c27-23(26-18-6-7-18)13-29-21-11-17-4-2-1-3-16(17)10-19(21)24(28)25-12-15-5-8-20-22(9-15)31-14-30-20/h1-5,8-11,18H,6-7,12-14H2,(H,25,28)(H,26,27). The largest absolute Gasteiger partial charge is 0.483 e. The fourth-order valence-electron chi connectivity index (χ4n) is 3.49. The molecule has 31 heavy (non-hydrogen) atoms. The van der Waals surface area contributed by atoms with Crippen LogP contribution in [0, 0.1) is 0 Å². The molecule has 2 N–H and O–H groups in total. The van der Waals surface area contributed by atoms with Crippen LogP contribution in [0.2, 0.25) is 0 Å². The fourth-order valence-corrected chi connectivity index (χ4v) is 3.49. The van der Waals surface area contributed by atoms with Gasteiger partial charge in [0.25, 0.3) is 11.8 Å². The summed E-state index contributed by atoms with van der Waals surface area (Å²) in [5.41, 5.74) is 1.28. The van der Waals surface area contributed by atoms with Crippen molar-refractivity contribution in [2.75, 3.05) is 13.4 Å². The van der Waals surface area contributed by atoms with Gasteiger partial charge in [-0.2, -0.15) is 0 Å². The summed E-state index contributed by atoms with van der Waals surface area (Å²) in [5, 5.41) is 7.68. The van der Waals surface area contributed by atoms with E-state index in [0.717, 1.165) is 29.2 Å². The molecular weight excluding hydrogens is 396 g/mol. The zero-order chi connectivity index (χ0) is 21.2. The van der Waals surface area contributed by atoms with Gasteiger partial charge in [-0.3, -0.25) is 9.59 Å². The van der Waals surface area contributed by atoms with Crippen molar-refractivity contribution in [1.82, 2.24) is 10.6 Å². The SMILES string of the molecule is O=C(COc1cc2ccccc2cc1C(=O)NCc1ccc2c(c1)OCO2)NC1CC1. The van der Waals surface area contributed by atoms with Gasteiger partial charge in [-0.1, -0.05) is 30.3 Å². The van der Waals surface area contributed by atoms with E-state index in [1.165, 1.54) is 0 Å².